The lowest BCUT2D eigenvalue weighted by Gasteiger charge is -2.43. The number of rotatable bonds is 8. The molecule has 2 aromatic rings. The van der Waals surface area contributed by atoms with E-state index in [1.54, 1.807) is 76.1 Å². The highest BCUT2D eigenvalue weighted by Crippen LogP contribution is 2.35. The zero-order chi connectivity index (χ0) is 26.5. The first-order chi connectivity index (χ1) is 17.0. The van der Waals surface area contributed by atoms with Gasteiger partial charge in [0.1, 0.15) is 29.2 Å². The first-order valence-corrected chi connectivity index (χ1v) is 12.0. The van der Waals surface area contributed by atoms with Crippen LogP contribution in [0.4, 0.5) is 10.5 Å². The molecule has 9 nitrogen and oxygen atoms in total. The quantitative estimate of drug-likeness (QED) is 0.498. The number of alkyl carbamates (subject to hydrolysis) is 1. The summed E-state index contributed by atoms with van der Waals surface area (Å²) < 4.78 is 10.5. The Bertz CT molecular complexity index is 1060. The Morgan fingerprint density at radius 3 is 2.14 bits per heavy atom. The third kappa shape index (κ3) is 6.90. The molecule has 3 amide bonds. The van der Waals surface area contributed by atoms with Crippen molar-refractivity contribution in [3.8, 4) is 11.5 Å². The van der Waals surface area contributed by atoms with Gasteiger partial charge >= 0.3 is 6.09 Å². The van der Waals surface area contributed by atoms with Gasteiger partial charge in [0.2, 0.25) is 5.91 Å². The number of amides is 3. The molecule has 0 bridgehead atoms. The second-order valence-electron chi connectivity index (χ2n) is 9.91. The summed E-state index contributed by atoms with van der Waals surface area (Å²) in [5, 5.41) is 15.3. The number of nitrogens with zero attached hydrogens (tertiary/aromatic N) is 1. The van der Waals surface area contributed by atoms with Crippen LogP contribution in [0.5, 0.6) is 11.5 Å². The van der Waals surface area contributed by atoms with Gasteiger partial charge in [-0.2, -0.15) is 0 Å². The van der Waals surface area contributed by atoms with Crippen LogP contribution < -0.4 is 15.4 Å². The summed E-state index contributed by atoms with van der Waals surface area (Å²) in [6.45, 7) is 6.80. The van der Waals surface area contributed by atoms with E-state index in [2.05, 4.69) is 10.6 Å². The number of hydrogen-bond acceptors (Lipinski definition) is 6. The average Bonchev–Trinajstić information content (AvgIpc) is 2.77. The Morgan fingerprint density at radius 2 is 1.64 bits per heavy atom. The Hall–Kier alpha value is -3.75. The van der Waals surface area contributed by atoms with Crippen molar-refractivity contribution in [3.05, 3.63) is 54.1 Å². The first kappa shape index (κ1) is 26.8. The van der Waals surface area contributed by atoms with E-state index >= 15 is 0 Å². The summed E-state index contributed by atoms with van der Waals surface area (Å²) in [5.74, 6) is -0.102. The summed E-state index contributed by atoms with van der Waals surface area (Å²) in [5.41, 5.74) is 0.377. The summed E-state index contributed by atoms with van der Waals surface area (Å²) >= 11 is 0. The highest BCUT2D eigenvalue weighted by Gasteiger charge is 2.41. The first-order valence-electron chi connectivity index (χ1n) is 12.0. The molecule has 2 aromatic carbocycles. The Morgan fingerprint density at radius 1 is 1.03 bits per heavy atom. The number of anilines is 1. The number of phenols is 1. The van der Waals surface area contributed by atoms with Crippen LogP contribution in [0.15, 0.2) is 48.5 Å². The lowest BCUT2D eigenvalue weighted by molar-refractivity contribution is -0.145. The maximum atomic E-state index is 13.7. The number of methoxy groups -OCH3 is 1. The SMILES string of the molecule is COc1ccc(NC(=O)C(c2ccc(O)cc2)N(C(=O)C(C)NC(=O)OC(C)(C)C)C2CCC2)cc1. The molecule has 0 spiro atoms. The van der Waals surface area contributed by atoms with E-state index in [-0.39, 0.29) is 11.8 Å². The Kier molecular flexibility index (Phi) is 8.45. The third-order valence-electron chi connectivity index (χ3n) is 5.92. The fourth-order valence-electron chi connectivity index (χ4n) is 3.93. The number of aromatic hydroxyl groups is 1. The van der Waals surface area contributed by atoms with Crippen LogP contribution in [0.25, 0.3) is 0 Å². The fraction of sp³-hybridized carbons (Fsp3) is 0.444. The van der Waals surface area contributed by atoms with Gasteiger partial charge in [0.05, 0.1) is 7.11 Å². The smallest absolute Gasteiger partial charge is 0.408 e. The van der Waals surface area contributed by atoms with Crippen molar-refractivity contribution in [2.75, 3.05) is 12.4 Å². The van der Waals surface area contributed by atoms with Gasteiger partial charge in [-0.1, -0.05) is 12.1 Å². The lowest BCUT2D eigenvalue weighted by Crippen LogP contribution is -2.56. The molecule has 2 atom stereocenters. The Balaban J connectivity index is 1.91. The highest BCUT2D eigenvalue weighted by molar-refractivity contribution is 5.99. The lowest BCUT2D eigenvalue weighted by atomic mass is 9.88. The number of nitrogens with one attached hydrogen (secondary N) is 2. The van der Waals surface area contributed by atoms with Crippen LogP contribution in [0.1, 0.15) is 58.6 Å². The summed E-state index contributed by atoms with van der Waals surface area (Å²) in [6, 6.07) is 11.0. The molecule has 0 radical (unpaired) electrons. The minimum atomic E-state index is -0.978. The summed E-state index contributed by atoms with van der Waals surface area (Å²) in [7, 11) is 1.56. The van der Waals surface area contributed by atoms with Crippen LogP contribution >= 0.6 is 0 Å². The topological polar surface area (TPSA) is 117 Å². The monoisotopic (exact) mass is 497 g/mol. The standard InChI is InChI=1S/C27H35N3O6/c1-17(28-26(34)36-27(2,3)4)25(33)30(20-7-6-8-20)23(18-9-13-21(31)14-10-18)24(32)29-19-11-15-22(35-5)16-12-19/h9-17,20,23,31H,6-8H2,1-5H3,(H,28,34)(H,29,32). The van der Waals surface area contributed by atoms with Crippen molar-refractivity contribution in [2.45, 2.75) is 70.7 Å². The second-order valence-corrected chi connectivity index (χ2v) is 9.91. The molecule has 36 heavy (non-hydrogen) atoms. The molecule has 2 unspecified atom stereocenters. The molecule has 1 saturated carbocycles. The molecule has 1 aliphatic carbocycles. The minimum Gasteiger partial charge on any atom is -0.508 e. The molecule has 0 aromatic heterocycles. The molecule has 1 fully saturated rings. The molecule has 9 heteroatoms. The second kappa shape index (κ2) is 11.3. The van der Waals surface area contributed by atoms with Crippen molar-refractivity contribution in [1.29, 1.82) is 0 Å². The molecular formula is C27H35N3O6. The molecule has 194 valence electrons. The fourth-order valence-corrected chi connectivity index (χ4v) is 3.93. The highest BCUT2D eigenvalue weighted by atomic mass is 16.6. The predicted octanol–water partition coefficient (Wildman–Crippen LogP) is 4.37. The maximum Gasteiger partial charge on any atom is 0.408 e. The van der Waals surface area contributed by atoms with Crippen molar-refractivity contribution < 1.29 is 29.0 Å². The van der Waals surface area contributed by atoms with Crippen LogP contribution in [-0.2, 0) is 14.3 Å². The number of carbonyl (C=O) groups is 3. The Labute approximate surface area is 211 Å². The van der Waals surface area contributed by atoms with Gasteiger partial charge in [-0.25, -0.2) is 4.79 Å². The number of carbonyl (C=O) groups excluding carboxylic acids is 3. The van der Waals surface area contributed by atoms with Crippen molar-refractivity contribution in [1.82, 2.24) is 10.2 Å². The van der Waals surface area contributed by atoms with Crippen LogP contribution in [-0.4, -0.2) is 52.7 Å². The van der Waals surface area contributed by atoms with Gasteiger partial charge in [-0.3, -0.25) is 9.59 Å². The summed E-state index contributed by atoms with van der Waals surface area (Å²) in [4.78, 5) is 41.3. The van der Waals surface area contributed by atoms with Gasteiger partial charge in [0, 0.05) is 11.7 Å². The minimum absolute atomic E-state index is 0.0505. The van der Waals surface area contributed by atoms with E-state index in [1.165, 1.54) is 12.1 Å². The van der Waals surface area contributed by atoms with Gasteiger partial charge in [-0.05, 0) is 88.9 Å². The van der Waals surface area contributed by atoms with E-state index in [1.807, 2.05) is 0 Å². The van der Waals surface area contributed by atoms with Gasteiger partial charge < -0.3 is 30.1 Å². The van der Waals surface area contributed by atoms with E-state index in [0.717, 1.165) is 19.3 Å². The third-order valence-corrected chi connectivity index (χ3v) is 5.92. The molecule has 0 aliphatic heterocycles. The molecule has 0 heterocycles. The molecular weight excluding hydrogens is 462 g/mol. The van der Waals surface area contributed by atoms with E-state index in [4.69, 9.17) is 9.47 Å². The normalized spacial score (nSPS) is 15.1. The van der Waals surface area contributed by atoms with Crippen molar-refractivity contribution in [2.24, 2.45) is 0 Å². The van der Waals surface area contributed by atoms with Crippen LogP contribution in [0.2, 0.25) is 0 Å². The number of ether oxygens (including phenoxy) is 2. The van der Waals surface area contributed by atoms with E-state index < -0.39 is 35.6 Å². The number of hydrogen-bond donors (Lipinski definition) is 3. The van der Waals surface area contributed by atoms with Gasteiger partial charge in [0.15, 0.2) is 0 Å². The molecule has 1 aliphatic rings. The molecule has 0 saturated heterocycles. The average molecular weight is 498 g/mol. The number of phenolic OH excluding ortho intramolecular Hbond substituents is 1. The number of benzene rings is 2. The van der Waals surface area contributed by atoms with Crippen LogP contribution in [0.3, 0.4) is 0 Å². The molecule has 3 N–H and O–H groups in total. The zero-order valence-corrected chi connectivity index (χ0v) is 21.4. The van der Waals surface area contributed by atoms with Crippen LogP contribution in [0, 0.1) is 0 Å². The van der Waals surface area contributed by atoms with E-state index in [0.29, 0.717) is 17.0 Å². The molecule has 3 rings (SSSR count). The zero-order valence-electron chi connectivity index (χ0n) is 21.4. The van der Waals surface area contributed by atoms with E-state index in [9.17, 15) is 19.5 Å². The van der Waals surface area contributed by atoms with Gasteiger partial charge in [-0.15, -0.1) is 0 Å². The van der Waals surface area contributed by atoms with Crippen molar-refractivity contribution in [3.63, 3.8) is 0 Å². The maximum absolute atomic E-state index is 13.7. The predicted molar refractivity (Wildman–Crippen MR) is 136 cm³/mol. The van der Waals surface area contributed by atoms with Gasteiger partial charge in [0.25, 0.3) is 5.91 Å². The largest absolute Gasteiger partial charge is 0.508 e. The summed E-state index contributed by atoms with van der Waals surface area (Å²) in [6.07, 6.45) is 1.72. The van der Waals surface area contributed by atoms with Crippen molar-refractivity contribution >= 4 is 23.6 Å².